The fraction of sp³-hybridized carbons (Fsp3) is 0.556. The van der Waals surface area contributed by atoms with Gasteiger partial charge in [-0.15, -0.1) is 0 Å². The molecule has 1 saturated heterocycles. The van der Waals surface area contributed by atoms with Crippen LogP contribution in [0.5, 0.6) is 0 Å². The van der Waals surface area contributed by atoms with Crippen molar-refractivity contribution in [1.82, 2.24) is 4.90 Å². The summed E-state index contributed by atoms with van der Waals surface area (Å²) in [5.74, 6) is -1.24. The maximum atomic E-state index is 12.2. The SMILES string of the molecule is CN(C(=O)CCOCC1CCCO1)C(Cc1ccccc1)C(=O)O. The molecule has 132 valence electrons. The van der Waals surface area contributed by atoms with Gasteiger partial charge in [-0.1, -0.05) is 30.3 Å². The number of amides is 1. The van der Waals surface area contributed by atoms with Crippen molar-refractivity contribution in [1.29, 1.82) is 0 Å². The molecule has 2 unspecified atom stereocenters. The van der Waals surface area contributed by atoms with Gasteiger partial charge in [-0.3, -0.25) is 4.79 Å². The van der Waals surface area contributed by atoms with Gasteiger partial charge in [0.15, 0.2) is 0 Å². The van der Waals surface area contributed by atoms with E-state index in [4.69, 9.17) is 9.47 Å². The first-order chi connectivity index (χ1) is 11.6. The maximum Gasteiger partial charge on any atom is 0.326 e. The molecule has 1 aromatic rings. The molecule has 0 bridgehead atoms. The summed E-state index contributed by atoms with van der Waals surface area (Å²) in [5.41, 5.74) is 0.888. The van der Waals surface area contributed by atoms with Crippen LogP contribution in [0.4, 0.5) is 0 Å². The molecule has 6 heteroatoms. The van der Waals surface area contributed by atoms with Crippen LogP contribution in [0.2, 0.25) is 0 Å². The summed E-state index contributed by atoms with van der Waals surface area (Å²) in [6.07, 6.45) is 2.63. The number of carbonyl (C=O) groups is 2. The second-order valence-electron chi connectivity index (χ2n) is 6.01. The number of ether oxygens (including phenoxy) is 2. The molecule has 6 nitrogen and oxygen atoms in total. The highest BCUT2D eigenvalue weighted by Crippen LogP contribution is 2.13. The fourth-order valence-electron chi connectivity index (χ4n) is 2.73. The van der Waals surface area contributed by atoms with Crippen molar-refractivity contribution in [3.8, 4) is 0 Å². The third-order valence-corrected chi connectivity index (χ3v) is 4.21. The van der Waals surface area contributed by atoms with Gasteiger partial charge in [0.2, 0.25) is 5.91 Å². The summed E-state index contributed by atoms with van der Waals surface area (Å²) in [6.45, 7) is 1.54. The molecule has 2 rings (SSSR count). The lowest BCUT2D eigenvalue weighted by Gasteiger charge is -2.25. The van der Waals surface area contributed by atoms with Crippen molar-refractivity contribution < 1.29 is 24.2 Å². The van der Waals surface area contributed by atoms with Gasteiger partial charge >= 0.3 is 5.97 Å². The number of carboxylic acids is 1. The zero-order valence-electron chi connectivity index (χ0n) is 14.0. The molecule has 0 radical (unpaired) electrons. The molecule has 1 fully saturated rings. The first kappa shape index (κ1) is 18.4. The zero-order chi connectivity index (χ0) is 17.4. The molecule has 2 atom stereocenters. The van der Waals surface area contributed by atoms with E-state index in [2.05, 4.69) is 0 Å². The Hall–Kier alpha value is -1.92. The van der Waals surface area contributed by atoms with E-state index < -0.39 is 12.0 Å². The van der Waals surface area contributed by atoms with Crippen molar-refractivity contribution in [3.63, 3.8) is 0 Å². The number of nitrogens with zero attached hydrogens (tertiary/aromatic N) is 1. The molecule has 1 aromatic carbocycles. The molecule has 0 aliphatic carbocycles. The van der Waals surface area contributed by atoms with E-state index in [0.29, 0.717) is 6.61 Å². The molecular formula is C18H25NO5. The van der Waals surface area contributed by atoms with Crippen LogP contribution in [0.1, 0.15) is 24.8 Å². The van der Waals surface area contributed by atoms with E-state index >= 15 is 0 Å². The van der Waals surface area contributed by atoms with Crippen LogP contribution in [0.3, 0.4) is 0 Å². The minimum absolute atomic E-state index is 0.127. The Kier molecular flexibility index (Phi) is 7.21. The number of aliphatic carboxylic acids is 1. The predicted molar refractivity (Wildman–Crippen MR) is 88.7 cm³/mol. The number of rotatable bonds is 9. The van der Waals surface area contributed by atoms with Gasteiger partial charge in [-0.2, -0.15) is 0 Å². The van der Waals surface area contributed by atoms with Gasteiger partial charge in [-0.25, -0.2) is 4.79 Å². The summed E-state index contributed by atoms with van der Waals surface area (Å²) in [5, 5.41) is 9.43. The number of benzene rings is 1. The van der Waals surface area contributed by atoms with Gasteiger partial charge in [0.05, 0.1) is 25.7 Å². The third kappa shape index (κ3) is 5.62. The molecule has 0 saturated carbocycles. The summed E-state index contributed by atoms with van der Waals surface area (Å²) in [7, 11) is 1.53. The van der Waals surface area contributed by atoms with Gasteiger partial charge in [0.25, 0.3) is 0 Å². The lowest BCUT2D eigenvalue weighted by molar-refractivity contribution is -0.149. The monoisotopic (exact) mass is 335 g/mol. The smallest absolute Gasteiger partial charge is 0.326 e. The maximum absolute atomic E-state index is 12.2. The molecule has 1 N–H and O–H groups in total. The van der Waals surface area contributed by atoms with Crippen LogP contribution in [0.15, 0.2) is 30.3 Å². The summed E-state index contributed by atoms with van der Waals surface area (Å²) >= 11 is 0. The largest absolute Gasteiger partial charge is 0.480 e. The fourth-order valence-corrected chi connectivity index (χ4v) is 2.73. The van der Waals surface area contributed by atoms with E-state index in [0.717, 1.165) is 25.0 Å². The quantitative estimate of drug-likeness (QED) is 0.696. The summed E-state index contributed by atoms with van der Waals surface area (Å²) < 4.78 is 10.9. The highest BCUT2D eigenvalue weighted by molar-refractivity contribution is 5.83. The van der Waals surface area contributed by atoms with Crippen molar-refractivity contribution >= 4 is 11.9 Å². The Bertz CT molecular complexity index is 527. The van der Waals surface area contributed by atoms with Crippen molar-refractivity contribution in [2.45, 2.75) is 37.8 Å². The van der Waals surface area contributed by atoms with Gasteiger partial charge in [0.1, 0.15) is 6.04 Å². The first-order valence-corrected chi connectivity index (χ1v) is 8.29. The van der Waals surface area contributed by atoms with Crippen LogP contribution < -0.4 is 0 Å². The first-order valence-electron chi connectivity index (χ1n) is 8.29. The van der Waals surface area contributed by atoms with E-state index in [-0.39, 0.29) is 31.5 Å². The van der Waals surface area contributed by atoms with Crippen LogP contribution >= 0.6 is 0 Å². The standard InChI is InChI=1S/C18H25NO5/c1-19(16(18(21)22)12-14-6-3-2-4-7-14)17(20)9-11-23-13-15-8-5-10-24-15/h2-4,6-7,15-16H,5,8-13H2,1H3,(H,21,22). The summed E-state index contributed by atoms with van der Waals surface area (Å²) in [4.78, 5) is 25.0. The molecule has 24 heavy (non-hydrogen) atoms. The van der Waals surface area contributed by atoms with E-state index in [1.54, 1.807) is 0 Å². The molecule has 1 amide bonds. The van der Waals surface area contributed by atoms with E-state index in [1.165, 1.54) is 11.9 Å². The second kappa shape index (κ2) is 9.39. The van der Waals surface area contributed by atoms with E-state index in [9.17, 15) is 14.7 Å². The predicted octanol–water partition coefficient (Wildman–Crippen LogP) is 1.73. The van der Waals surface area contributed by atoms with E-state index in [1.807, 2.05) is 30.3 Å². The van der Waals surface area contributed by atoms with Crippen LogP contribution in [-0.2, 0) is 25.5 Å². The Morgan fingerprint density at radius 3 is 2.75 bits per heavy atom. The van der Waals surface area contributed by atoms with Crippen molar-refractivity contribution in [2.75, 3.05) is 26.9 Å². The Morgan fingerprint density at radius 1 is 1.38 bits per heavy atom. The van der Waals surface area contributed by atoms with Crippen LogP contribution in [0.25, 0.3) is 0 Å². The zero-order valence-corrected chi connectivity index (χ0v) is 14.0. The van der Waals surface area contributed by atoms with Crippen molar-refractivity contribution in [3.05, 3.63) is 35.9 Å². The van der Waals surface area contributed by atoms with Gasteiger partial charge in [-0.05, 0) is 18.4 Å². The van der Waals surface area contributed by atoms with Crippen molar-refractivity contribution in [2.24, 2.45) is 0 Å². The highest BCUT2D eigenvalue weighted by atomic mass is 16.5. The minimum atomic E-state index is -1.00. The van der Waals surface area contributed by atoms with Gasteiger partial charge in [0, 0.05) is 20.1 Å². The van der Waals surface area contributed by atoms with Crippen LogP contribution in [0, 0.1) is 0 Å². The number of carboxylic acid groups (broad SMARTS) is 1. The average molecular weight is 335 g/mol. The lowest BCUT2D eigenvalue weighted by Crippen LogP contribution is -2.44. The Morgan fingerprint density at radius 2 is 2.12 bits per heavy atom. The Labute approximate surface area is 142 Å². The highest BCUT2D eigenvalue weighted by Gasteiger charge is 2.26. The molecule has 0 spiro atoms. The molecule has 0 aromatic heterocycles. The van der Waals surface area contributed by atoms with Crippen LogP contribution in [-0.4, -0.2) is 60.9 Å². The number of hydrogen-bond donors (Lipinski definition) is 1. The summed E-state index contributed by atoms with van der Waals surface area (Å²) in [6, 6.07) is 8.43. The number of hydrogen-bond acceptors (Lipinski definition) is 4. The Balaban J connectivity index is 1.78. The van der Waals surface area contributed by atoms with Gasteiger partial charge < -0.3 is 19.5 Å². The molecular weight excluding hydrogens is 310 g/mol. The molecule has 1 aliphatic heterocycles. The average Bonchev–Trinajstić information content (AvgIpc) is 3.10. The minimum Gasteiger partial charge on any atom is -0.480 e. The topological polar surface area (TPSA) is 76.1 Å². The normalized spacial score (nSPS) is 18.3. The molecule has 1 aliphatic rings. The second-order valence-corrected chi connectivity index (χ2v) is 6.01. The number of likely N-dealkylation sites (N-methyl/N-ethyl adjacent to an activating group) is 1. The lowest BCUT2D eigenvalue weighted by atomic mass is 10.0. The third-order valence-electron chi connectivity index (χ3n) is 4.21. The molecule has 1 heterocycles. The number of carbonyl (C=O) groups excluding carboxylic acids is 1.